The van der Waals surface area contributed by atoms with Crippen molar-refractivity contribution in [2.45, 2.75) is 20.0 Å². The van der Waals surface area contributed by atoms with E-state index in [-0.39, 0.29) is 6.61 Å². The van der Waals surface area contributed by atoms with Crippen molar-refractivity contribution >= 4 is 6.03 Å². The van der Waals surface area contributed by atoms with Gasteiger partial charge in [-0.1, -0.05) is 12.1 Å². The summed E-state index contributed by atoms with van der Waals surface area (Å²) in [6, 6.07) is 5.41. The summed E-state index contributed by atoms with van der Waals surface area (Å²) < 4.78 is 5.59. The molecule has 2 amide bonds. The van der Waals surface area contributed by atoms with Gasteiger partial charge in [0, 0.05) is 19.6 Å². The maximum Gasteiger partial charge on any atom is 0.312 e. The van der Waals surface area contributed by atoms with Gasteiger partial charge < -0.3 is 26.2 Å². The van der Waals surface area contributed by atoms with E-state index in [4.69, 9.17) is 10.5 Å². The zero-order valence-corrected chi connectivity index (χ0v) is 12.0. The Hall–Kier alpha value is -1.79. The third-order valence-corrected chi connectivity index (χ3v) is 2.76. The zero-order valence-electron chi connectivity index (χ0n) is 12.0. The fraction of sp³-hybridized carbons (Fsp3) is 0.500. The topological polar surface area (TPSA) is 96.6 Å². The molecule has 0 spiro atoms. The summed E-state index contributed by atoms with van der Waals surface area (Å²) in [5.74, 6) is 0.791. The minimum absolute atomic E-state index is 0.223. The predicted octanol–water partition coefficient (Wildman–Crippen LogP) is 0.301. The second-order valence-corrected chi connectivity index (χ2v) is 4.73. The Kier molecular flexibility index (Phi) is 6.83. The average Bonchev–Trinajstić information content (AvgIpc) is 2.39. The third kappa shape index (κ3) is 6.40. The van der Waals surface area contributed by atoms with Gasteiger partial charge >= 0.3 is 6.03 Å². The lowest BCUT2D eigenvalue weighted by Crippen LogP contribution is -2.38. The van der Waals surface area contributed by atoms with Crippen molar-refractivity contribution < 1.29 is 14.6 Å². The van der Waals surface area contributed by atoms with Gasteiger partial charge in [0.2, 0.25) is 0 Å². The summed E-state index contributed by atoms with van der Waals surface area (Å²) in [4.78, 5) is 10.4. The van der Waals surface area contributed by atoms with E-state index >= 15 is 0 Å². The molecule has 0 aliphatic heterocycles. The molecule has 1 atom stereocenters. The maximum absolute atomic E-state index is 10.4. The van der Waals surface area contributed by atoms with Gasteiger partial charge in [0.1, 0.15) is 18.5 Å². The third-order valence-electron chi connectivity index (χ3n) is 2.76. The highest BCUT2D eigenvalue weighted by molar-refractivity contribution is 5.71. The van der Waals surface area contributed by atoms with Crippen molar-refractivity contribution in [3.8, 4) is 5.75 Å². The van der Waals surface area contributed by atoms with Gasteiger partial charge in [0.05, 0.1) is 0 Å². The molecule has 6 nitrogen and oxygen atoms in total. The standard InChI is InChI=1S/C14H23N3O3/c1-10-3-4-11(2)13(7-10)20-9-12(18)8-16-5-6-17-14(15)19/h3-4,7,12,16,18H,5-6,8-9H2,1-2H3,(H3,15,17,19). The van der Waals surface area contributed by atoms with Crippen LogP contribution in [-0.4, -0.2) is 43.5 Å². The molecule has 0 bridgehead atoms. The number of amides is 2. The number of hydrogen-bond acceptors (Lipinski definition) is 4. The summed E-state index contributed by atoms with van der Waals surface area (Å²) in [6.45, 7) is 5.56. The van der Waals surface area contributed by atoms with Gasteiger partial charge in [-0.05, 0) is 31.0 Å². The molecule has 1 rings (SSSR count). The number of rotatable bonds is 8. The number of benzene rings is 1. The van der Waals surface area contributed by atoms with Crippen LogP contribution in [-0.2, 0) is 0 Å². The van der Waals surface area contributed by atoms with Crippen molar-refractivity contribution in [3.05, 3.63) is 29.3 Å². The first kappa shape index (κ1) is 16.3. The number of urea groups is 1. The smallest absolute Gasteiger partial charge is 0.312 e. The molecule has 0 radical (unpaired) electrons. The lowest BCUT2D eigenvalue weighted by molar-refractivity contribution is 0.106. The number of ether oxygens (including phenoxy) is 1. The van der Waals surface area contributed by atoms with Gasteiger partial charge in [0.15, 0.2) is 0 Å². The number of aryl methyl sites for hydroxylation is 2. The molecule has 1 aromatic rings. The van der Waals surface area contributed by atoms with E-state index in [1.807, 2.05) is 32.0 Å². The molecular formula is C14H23N3O3. The van der Waals surface area contributed by atoms with Gasteiger partial charge in [-0.15, -0.1) is 0 Å². The fourth-order valence-electron chi connectivity index (χ4n) is 1.65. The first-order valence-corrected chi connectivity index (χ1v) is 6.61. The second kappa shape index (κ2) is 8.39. The Morgan fingerprint density at radius 3 is 2.85 bits per heavy atom. The molecule has 0 aliphatic rings. The van der Waals surface area contributed by atoms with E-state index < -0.39 is 12.1 Å². The molecule has 0 fully saturated rings. The highest BCUT2D eigenvalue weighted by Crippen LogP contribution is 2.19. The number of aliphatic hydroxyl groups excluding tert-OH is 1. The van der Waals surface area contributed by atoms with E-state index in [0.717, 1.165) is 16.9 Å². The average molecular weight is 281 g/mol. The van der Waals surface area contributed by atoms with Crippen LogP contribution < -0.4 is 21.1 Å². The Morgan fingerprint density at radius 1 is 1.40 bits per heavy atom. The molecule has 0 heterocycles. The Labute approximate surface area is 119 Å². The number of carbonyl (C=O) groups excluding carboxylic acids is 1. The molecule has 1 unspecified atom stereocenters. The van der Waals surface area contributed by atoms with E-state index in [1.165, 1.54) is 0 Å². The summed E-state index contributed by atoms with van der Waals surface area (Å²) in [5.41, 5.74) is 7.09. The highest BCUT2D eigenvalue weighted by atomic mass is 16.5. The largest absolute Gasteiger partial charge is 0.491 e. The van der Waals surface area contributed by atoms with E-state index in [0.29, 0.717) is 19.6 Å². The highest BCUT2D eigenvalue weighted by Gasteiger charge is 2.06. The summed E-state index contributed by atoms with van der Waals surface area (Å²) >= 11 is 0. The quantitative estimate of drug-likeness (QED) is 0.515. The van der Waals surface area contributed by atoms with Gasteiger partial charge in [0.25, 0.3) is 0 Å². The van der Waals surface area contributed by atoms with Gasteiger partial charge in [-0.25, -0.2) is 4.79 Å². The van der Waals surface area contributed by atoms with Crippen molar-refractivity contribution in [2.75, 3.05) is 26.2 Å². The van der Waals surface area contributed by atoms with Crippen molar-refractivity contribution in [1.82, 2.24) is 10.6 Å². The van der Waals surface area contributed by atoms with Crippen molar-refractivity contribution in [3.63, 3.8) is 0 Å². The number of nitrogens with one attached hydrogen (secondary N) is 2. The predicted molar refractivity (Wildman–Crippen MR) is 77.9 cm³/mol. The molecule has 5 N–H and O–H groups in total. The molecule has 0 saturated heterocycles. The lowest BCUT2D eigenvalue weighted by atomic mass is 10.1. The van der Waals surface area contributed by atoms with Crippen LogP contribution in [0.1, 0.15) is 11.1 Å². The molecule has 0 aliphatic carbocycles. The molecule has 0 aromatic heterocycles. The first-order chi connectivity index (χ1) is 9.49. The number of primary amides is 1. The number of hydrogen-bond donors (Lipinski definition) is 4. The van der Waals surface area contributed by atoms with Gasteiger partial charge in [-0.2, -0.15) is 0 Å². The second-order valence-electron chi connectivity index (χ2n) is 4.73. The molecule has 6 heteroatoms. The van der Waals surface area contributed by atoms with Crippen molar-refractivity contribution in [1.29, 1.82) is 0 Å². The van der Waals surface area contributed by atoms with E-state index in [9.17, 15) is 9.90 Å². The minimum Gasteiger partial charge on any atom is -0.491 e. The van der Waals surface area contributed by atoms with Crippen LogP contribution in [0.3, 0.4) is 0 Å². The molecule has 1 aromatic carbocycles. The minimum atomic E-state index is -0.608. The Morgan fingerprint density at radius 2 is 2.15 bits per heavy atom. The number of nitrogens with two attached hydrogens (primary N) is 1. The lowest BCUT2D eigenvalue weighted by Gasteiger charge is -2.15. The Bertz CT molecular complexity index is 438. The van der Waals surface area contributed by atoms with Crippen LogP contribution in [0.15, 0.2) is 18.2 Å². The van der Waals surface area contributed by atoms with Crippen LogP contribution >= 0.6 is 0 Å². The maximum atomic E-state index is 10.4. The summed E-state index contributed by atoms with van der Waals surface area (Å²) in [7, 11) is 0. The molecular weight excluding hydrogens is 258 g/mol. The molecule has 20 heavy (non-hydrogen) atoms. The van der Waals surface area contributed by atoms with Crippen LogP contribution in [0.2, 0.25) is 0 Å². The summed E-state index contributed by atoms with van der Waals surface area (Å²) in [6.07, 6.45) is -0.608. The SMILES string of the molecule is Cc1ccc(C)c(OCC(O)CNCCNC(N)=O)c1. The van der Waals surface area contributed by atoms with Crippen LogP contribution in [0.25, 0.3) is 0 Å². The van der Waals surface area contributed by atoms with E-state index in [2.05, 4.69) is 10.6 Å². The van der Waals surface area contributed by atoms with Crippen LogP contribution in [0, 0.1) is 13.8 Å². The Balaban J connectivity index is 2.21. The number of carbonyl (C=O) groups is 1. The first-order valence-electron chi connectivity index (χ1n) is 6.61. The van der Waals surface area contributed by atoms with Crippen molar-refractivity contribution in [2.24, 2.45) is 5.73 Å². The normalized spacial score (nSPS) is 11.9. The molecule has 0 saturated carbocycles. The van der Waals surface area contributed by atoms with E-state index in [1.54, 1.807) is 0 Å². The van der Waals surface area contributed by atoms with Gasteiger partial charge in [-0.3, -0.25) is 0 Å². The fourth-order valence-corrected chi connectivity index (χ4v) is 1.65. The monoisotopic (exact) mass is 281 g/mol. The zero-order chi connectivity index (χ0) is 15.0. The van der Waals surface area contributed by atoms with Crippen LogP contribution in [0.5, 0.6) is 5.75 Å². The van der Waals surface area contributed by atoms with Crippen LogP contribution in [0.4, 0.5) is 4.79 Å². The molecule has 112 valence electrons. The number of aliphatic hydroxyl groups is 1. The summed E-state index contributed by atoms with van der Waals surface area (Å²) in [5, 5.41) is 15.2.